The van der Waals surface area contributed by atoms with E-state index in [0.717, 1.165) is 24.0 Å². The highest BCUT2D eigenvalue weighted by Gasteiger charge is 2.34. The number of halogens is 3. The van der Waals surface area contributed by atoms with Crippen LogP contribution in [0.15, 0.2) is 53.5 Å². The third-order valence-corrected chi connectivity index (χ3v) is 5.10. The lowest BCUT2D eigenvalue weighted by molar-refractivity contribution is 0.0513. The molecule has 2 aromatic carbocycles. The zero-order valence-corrected chi connectivity index (χ0v) is 18.2. The first-order chi connectivity index (χ1) is 13.1. The van der Waals surface area contributed by atoms with Crippen molar-refractivity contribution in [2.45, 2.75) is 24.8 Å². The Balaban J connectivity index is 0.00000280. The van der Waals surface area contributed by atoms with E-state index in [1.807, 2.05) is 12.1 Å². The molecule has 152 valence electrons. The molecule has 1 heterocycles. The van der Waals surface area contributed by atoms with Crippen molar-refractivity contribution in [3.63, 3.8) is 0 Å². The number of hydrogen-bond donors (Lipinski definition) is 2. The van der Waals surface area contributed by atoms with Gasteiger partial charge >= 0.3 is 0 Å². The number of aliphatic imine (C=N–C) groups is 1. The highest BCUT2D eigenvalue weighted by Crippen LogP contribution is 2.34. The lowest BCUT2D eigenvalue weighted by atomic mass is 9.74. The quantitative estimate of drug-likeness (QED) is 0.370. The van der Waals surface area contributed by atoms with Crippen LogP contribution in [0.3, 0.4) is 0 Å². The van der Waals surface area contributed by atoms with E-state index in [1.54, 1.807) is 19.2 Å². The first-order valence-electron chi connectivity index (χ1n) is 9.14. The number of nitrogens with one attached hydrogen (secondary N) is 2. The van der Waals surface area contributed by atoms with Gasteiger partial charge in [0, 0.05) is 38.8 Å². The van der Waals surface area contributed by atoms with Crippen LogP contribution in [-0.2, 0) is 16.7 Å². The van der Waals surface area contributed by atoms with Crippen LogP contribution in [0, 0.1) is 11.6 Å². The summed E-state index contributed by atoms with van der Waals surface area (Å²) >= 11 is 0. The van der Waals surface area contributed by atoms with Gasteiger partial charge in [-0.25, -0.2) is 8.78 Å². The molecule has 1 fully saturated rings. The Bertz CT molecular complexity index is 760. The molecule has 0 atom stereocenters. The summed E-state index contributed by atoms with van der Waals surface area (Å²) < 4.78 is 31.9. The van der Waals surface area contributed by atoms with Crippen LogP contribution in [0.5, 0.6) is 0 Å². The minimum atomic E-state index is -0.248. The SMILES string of the molecule is CN=C(NCc1ccc(F)cc1)NCC1(c2ccc(F)cc2)CCOCC1.I. The molecule has 1 aliphatic heterocycles. The molecule has 0 aromatic heterocycles. The van der Waals surface area contributed by atoms with E-state index in [0.29, 0.717) is 32.3 Å². The van der Waals surface area contributed by atoms with Gasteiger partial charge in [-0.15, -0.1) is 24.0 Å². The molecule has 0 bridgehead atoms. The number of guanidine groups is 1. The maximum atomic E-state index is 13.3. The number of ether oxygens (including phenoxy) is 1. The largest absolute Gasteiger partial charge is 0.381 e. The van der Waals surface area contributed by atoms with Gasteiger partial charge in [0.05, 0.1) is 0 Å². The number of benzene rings is 2. The molecule has 0 amide bonds. The topological polar surface area (TPSA) is 45.7 Å². The summed E-state index contributed by atoms with van der Waals surface area (Å²) in [5.74, 6) is 0.194. The van der Waals surface area contributed by atoms with Gasteiger partial charge < -0.3 is 15.4 Å². The summed E-state index contributed by atoms with van der Waals surface area (Å²) in [4.78, 5) is 4.27. The number of nitrogens with zero attached hydrogens (tertiary/aromatic N) is 1. The Morgan fingerprint density at radius 3 is 2.11 bits per heavy atom. The van der Waals surface area contributed by atoms with Crippen LogP contribution in [0.1, 0.15) is 24.0 Å². The third kappa shape index (κ3) is 5.88. The lowest BCUT2D eigenvalue weighted by Gasteiger charge is -2.38. The predicted octanol–water partition coefficient (Wildman–Crippen LogP) is 4.00. The van der Waals surface area contributed by atoms with Crippen molar-refractivity contribution in [2.24, 2.45) is 4.99 Å². The lowest BCUT2D eigenvalue weighted by Crippen LogP contribution is -2.47. The minimum absolute atomic E-state index is 0. The highest BCUT2D eigenvalue weighted by atomic mass is 127. The van der Waals surface area contributed by atoms with E-state index in [-0.39, 0.29) is 41.0 Å². The van der Waals surface area contributed by atoms with E-state index in [4.69, 9.17) is 4.74 Å². The fourth-order valence-corrected chi connectivity index (χ4v) is 3.39. The molecule has 2 N–H and O–H groups in total. The van der Waals surface area contributed by atoms with Crippen molar-refractivity contribution >= 4 is 29.9 Å². The van der Waals surface area contributed by atoms with Gasteiger partial charge in [0.15, 0.2) is 5.96 Å². The van der Waals surface area contributed by atoms with Crippen LogP contribution < -0.4 is 10.6 Å². The summed E-state index contributed by atoms with van der Waals surface area (Å²) in [7, 11) is 1.72. The maximum Gasteiger partial charge on any atom is 0.191 e. The molecule has 0 saturated carbocycles. The first kappa shape index (κ1) is 22.5. The number of hydrogen-bond acceptors (Lipinski definition) is 2. The summed E-state index contributed by atoms with van der Waals surface area (Å²) in [6, 6.07) is 13.1. The van der Waals surface area contributed by atoms with Crippen molar-refractivity contribution in [3.8, 4) is 0 Å². The van der Waals surface area contributed by atoms with Gasteiger partial charge in [-0.05, 0) is 48.2 Å². The van der Waals surface area contributed by atoms with Crippen molar-refractivity contribution in [1.82, 2.24) is 10.6 Å². The van der Waals surface area contributed by atoms with E-state index < -0.39 is 0 Å². The third-order valence-electron chi connectivity index (χ3n) is 5.10. The van der Waals surface area contributed by atoms with Gasteiger partial charge in [-0.2, -0.15) is 0 Å². The maximum absolute atomic E-state index is 13.3. The second-order valence-corrected chi connectivity index (χ2v) is 6.81. The highest BCUT2D eigenvalue weighted by molar-refractivity contribution is 14.0. The molecule has 1 saturated heterocycles. The molecule has 0 radical (unpaired) electrons. The van der Waals surface area contributed by atoms with E-state index >= 15 is 0 Å². The van der Waals surface area contributed by atoms with Gasteiger partial charge in [0.2, 0.25) is 0 Å². The summed E-state index contributed by atoms with van der Waals surface area (Å²) in [6.45, 7) is 2.58. The average Bonchev–Trinajstić information content (AvgIpc) is 2.70. The normalized spacial score (nSPS) is 16.2. The Kier molecular flexibility index (Phi) is 8.62. The Morgan fingerprint density at radius 1 is 0.964 bits per heavy atom. The van der Waals surface area contributed by atoms with Crippen molar-refractivity contribution in [1.29, 1.82) is 0 Å². The average molecular weight is 501 g/mol. The van der Waals surface area contributed by atoms with Gasteiger partial charge in [-0.1, -0.05) is 24.3 Å². The molecule has 1 aliphatic rings. The zero-order chi connectivity index (χ0) is 19.1. The smallest absolute Gasteiger partial charge is 0.191 e. The van der Waals surface area contributed by atoms with E-state index in [2.05, 4.69) is 15.6 Å². The summed E-state index contributed by atoms with van der Waals surface area (Å²) in [5.41, 5.74) is 1.95. The molecule has 28 heavy (non-hydrogen) atoms. The van der Waals surface area contributed by atoms with Crippen LogP contribution in [0.2, 0.25) is 0 Å². The van der Waals surface area contributed by atoms with Crippen LogP contribution in [0.4, 0.5) is 8.78 Å². The second-order valence-electron chi connectivity index (χ2n) is 6.81. The van der Waals surface area contributed by atoms with E-state index in [9.17, 15) is 8.78 Å². The summed E-state index contributed by atoms with van der Waals surface area (Å²) in [5, 5.41) is 6.64. The molecule has 3 rings (SSSR count). The molecule has 0 aliphatic carbocycles. The second kappa shape index (κ2) is 10.7. The Morgan fingerprint density at radius 2 is 1.54 bits per heavy atom. The first-order valence-corrected chi connectivity index (χ1v) is 9.14. The van der Waals surface area contributed by atoms with Crippen molar-refractivity contribution in [3.05, 3.63) is 71.3 Å². The van der Waals surface area contributed by atoms with Gasteiger partial charge in [0.25, 0.3) is 0 Å². The standard InChI is InChI=1S/C21H25F2N3O.HI/c1-24-20(25-14-16-2-6-18(22)7-3-16)26-15-21(10-12-27-13-11-21)17-4-8-19(23)9-5-17;/h2-9H,10-15H2,1H3,(H2,24,25,26);1H. The van der Waals surface area contributed by atoms with Crippen LogP contribution >= 0.6 is 24.0 Å². The zero-order valence-electron chi connectivity index (χ0n) is 15.9. The molecular formula is C21H26F2IN3O. The molecule has 7 heteroatoms. The van der Waals surface area contributed by atoms with Crippen molar-refractivity contribution in [2.75, 3.05) is 26.8 Å². The molecule has 0 unspecified atom stereocenters. The monoisotopic (exact) mass is 501 g/mol. The van der Waals surface area contributed by atoms with E-state index in [1.165, 1.54) is 24.3 Å². The van der Waals surface area contributed by atoms with Gasteiger partial charge in [0.1, 0.15) is 11.6 Å². The molecular weight excluding hydrogens is 475 g/mol. The Hall–Kier alpha value is -1.74. The number of rotatable bonds is 5. The minimum Gasteiger partial charge on any atom is -0.381 e. The van der Waals surface area contributed by atoms with Crippen LogP contribution in [0.25, 0.3) is 0 Å². The molecule has 2 aromatic rings. The molecule has 0 spiro atoms. The molecule has 4 nitrogen and oxygen atoms in total. The summed E-state index contributed by atoms with van der Waals surface area (Å²) in [6.07, 6.45) is 1.72. The predicted molar refractivity (Wildman–Crippen MR) is 118 cm³/mol. The Labute approximate surface area is 181 Å². The fourth-order valence-electron chi connectivity index (χ4n) is 3.39. The van der Waals surface area contributed by atoms with Crippen LogP contribution in [-0.4, -0.2) is 32.8 Å². The fraction of sp³-hybridized carbons (Fsp3) is 0.381. The van der Waals surface area contributed by atoms with Crippen molar-refractivity contribution < 1.29 is 13.5 Å². The van der Waals surface area contributed by atoms with Gasteiger partial charge in [-0.3, -0.25) is 4.99 Å².